The van der Waals surface area contributed by atoms with Crippen LogP contribution in [0.2, 0.25) is 0 Å². The number of carbonyl (C=O) groups excluding carboxylic acids is 1. The van der Waals surface area contributed by atoms with Gasteiger partial charge in [-0.3, -0.25) is 4.79 Å². The van der Waals surface area contributed by atoms with Crippen molar-refractivity contribution in [1.29, 1.82) is 0 Å². The SMILES string of the molecule is CC1CN(c2ccc(CNC(=O)CC(N)c3ccccc3)cn2)CCO1. The highest BCUT2D eigenvalue weighted by Gasteiger charge is 2.17. The third-order valence-electron chi connectivity index (χ3n) is 4.50. The molecule has 6 heteroatoms. The van der Waals surface area contributed by atoms with Crippen LogP contribution in [0, 0.1) is 0 Å². The van der Waals surface area contributed by atoms with Crippen molar-refractivity contribution in [2.24, 2.45) is 5.73 Å². The first-order chi connectivity index (χ1) is 12.6. The number of pyridine rings is 1. The van der Waals surface area contributed by atoms with E-state index in [-0.39, 0.29) is 24.5 Å². The van der Waals surface area contributed by atoms with Gasteiger partial charge in [0.05, 0.1) is 12.7 Å². The lowest BCUT2D eigenvalue weighted by Gasteiger charge is -2.32. The molecule has 0 aliphatic carbocycles. The van der Waals surface area contributed by atoms with Gasteiger partial charge >= 0.3 is 0 Å². The summed E-state index contributed by atoms with van der Waals surface area (Å²) in [6.07, 6.45) is 2.30. The summed E-state index contributed by atoms with van der Waals surface area (Å²) in [6.45, 7) is 4.94. The zero-order valence-electron chi connectivity index (χ0n) is 15.1. The molecule has 1 fully saturated rings. The van der Waals surface area contributed by atoms with Crippen LogP contribution in [0.4, 0.5) is 5.82 Å². The molecule has 2 unspecified atom stereocenters. The van der Waals surface area contributed by atoms with Gasteiger partial charge in [0, 0.05) is 38.3 Å². The first kappa shape index (κ1) is 18.4. The first-order valence-corrected chi connectivity index (χ1v) is 9.00. The normalized spacial score (nSPS) is 18.4. The average Bonchev–Trinajstić information content (AvgIpc) is 2.67. The van der Waals surface area contributed by atoms with Gasteiger partial charge in [-0.25, -0.2) is 4.98 Å². The summed E-state index contributed by atoms with van der Waals surface area (Å²) in [7, 11) is 0. The van der Waals surface area contributed by atoms with Gasteiger partial charge in [0.2, 0.25) is 5.91 Å². The molecule has 1 saturated heterocycles. The number of hydrogen-bond donors (Lipinski definition) is 2. The molecular weight excluding hydrogens is 328 g/mol. The first-order valence-electron chi connectivity index (χ1n) is 9.00. The predicted molar refractivity (Wildman–Crippen MR) is 102 cm³/mol. The van der Waals surface area contributed by atoms with Gasteiger partial charge in [0.15, 0.2) is 0 Å². The fraction of sp³-hybridized carbons (Fsp3) is 0.400. The molecule has 1 amide bonds. The fourth-order valence-electron chi connectivity index (χ4n) is 3.03. The van der Waals surface area contributed by atoms with E-state index in [1.165, 1.54) is 0 Å². The number of nitrogens with two attached hydrogens (primary N) is 1. The molecule has 3 rings (SSSR count). The molecule has 3 N–H and O–H groups in total. The molecule has 26 heavy (non-hydrogen) atoms. The van der Waals surface area contributed by atoms with Gasteiger partial charge in [-0.1, -0.05) is 36.4 Å². The molecule has 6 nitrogen and oxygen atoms in total. The van der Waals surface area contributed by atoms with Crippen LogP contribution in [-0.4, -0.2) is 36.7 Å². The number of hydrogen-bond acceptors (Lipinski definition) is 5. The van der Waals surface area contributed by atoms with Gasteiger partial charge in [0.1, 0.15) is 5.82 Å². The van der Waals surface area contributed by atoms with E-state index in [0.29, 0.717) is 6.54 Å². The van der Waals surface area contributed by atoms with Crippen LogP contribution in [0.25, 0.3) is 0 Å². The van der Waals surface area contributed by atoms with Crippen molar-refractivity contribution in [2.45, 2.75) is 32.0 Å². The van der Waals surface area contributed by atoms with Crippen molar-refractivity contribution in [2.75, 3.05) is 24.6 Å². The molecule has 0 bridgehead atoms. The standard InChI is InChI=1S/C20H26N4O2/c1-15-14-24(9-10-26-15)19-8-7-16(12-22-19)13-23-20(25)11-18(21)17-5-3-2-4-6-17/h2-8,12,15,18H,9-11,13-14,21H2,1H3,(H,23,25). The van der Waals surface area contributed by atoms with Gasteiger partial charge in [0.25, 0.3) is 0 Å². The number of aromatic nitrogens is 1. The molecule has 0 spiro atoms. The second-order valence-electron chi connectivity index (χ2n) is 6.65. The van der Waals surface area contributed by atoms with E-state index in [1.54, 1.807) is 0 Å². The number of nitrogens with one attached hydrogen (secondary N) is 1. The third kappa shape index (κ3) is 5.03. The van der Waals surface area contributed by atoms with E-state index in [1.807, 2.05) is 48.7 Å². The second kappa shape index (κ2) is 8.78. The smallest absolute Gasteiger partial charge is 0.222 e. The topological polar surface area (TPSA) is 80.5 Å². The Morgan fingerprint density at radius 2 is 2.15 bits per heavy atom. The molecular formula is C20H26N4O2. The highest BCUT2D eigenvalue weighted by Crippen LogP contribution is 2.16. The number of ether oxygens (including phenoxy) is 1. The number of anilines is 1. The lowest BCUT2D eigenvalue weighted by Crippen LogP contribution is -2.41. The fourth-order valence-corrected chi connectivity index (χ4v) is 3.03. The summed E-state index contributed by atoms with van der Waals surface area (Å²) >= 11 is 0. The highest BCUT2D eigenvalue weighted by molar-refractivity contribution is 5.76. The van der Waals surface area contributed by atoms with Gasteiger partial charge < -0.3 is 20.7 Å². The molecule has 2 heterocycles. The molecule has 1 aliphatic rings. The number of rotatable bonds is 6. The quantitative estimate of drug-likeness (QED) is 0.829. The van der Waals surface area contributed by atoms with Gasteiger partial charge in [-0.15, -0.1) is 0 Å². The molecule has 1 aromatic heterocycles. The Hall–Kier alpha value is -2.44. The Labute approximate surface area is 154 Å². The number of benzene rings is 1. The average molecular weight is 354 g/mol. The monoisotopic (exact) mass is 354 g/mol. The van der Waals surface area contributed by atoms with Crippen LogP contribution in [0.15, 0.2) is 48.7 Å². The maximum Gasteiger partial charge on any atom is 0.222 e. The van der Waals surface area contributed by atoms with Crippen LogP contribution >= 0.6 is 0 Å². The largest absolute Gasteiger partial charge is 0.375 e. The van der Waals surface area contributed by atoms with Crippen molar-refractivity contribution in [3.8, 4) is 0 Å². The molecule has 2 aromatic rings. The van der Waals surface area contributed by atoms with E-state index in [4.69, 9.17) is 10.5 Å². The van der Waals surface area contributed by atoms with Crippen molar-refractivity contribution in [1.82, 2.24) is 10.3 Å². The maximum atomic E-state index is 12.1. The maximum absolute atomic E-state index is 12.1. The predicted octanol–water partition coefficient (Wildman–Crippen LogP) is 2.01. The molecule has 0 saturated carbocycles. The minimum absolute atomic E-state index is 0.0626. The number of morpholine rings is 1. The van der Waals surface area contributed by atoms with E-state index in [2.05, 4.69) is 22.1 Å². The van der Waals surface area contributed by atoms with Gasteiger partial charge in [-0.2, -0.15) is 0 Å². The zero-order chi connectivity index (χ0) is 18.4. The second-order valence-corrected chi connectivity index (χ2v) is 6.65. The minimum Gasteiger partial charge on any atom is -0.375 e. The van der Waals surface area contributed by atoms with E-state index < -0.39 is 0 Å². The number of amides is 1. The van der Waals surface area contributed by atoms with E-state index in [0.717, 1.165) is 36.6 Å². The molecule has 138 valence electrons. The minimum atomic E-state index is -0.292. The van der Waals surface area contributed by atoms with Crippen LogP contribution in [-0.2, 0) is 16.1 Å². The molecule has 1 aliphatic heterocycles. The lowest BCUT2D eigenvalue weighted by molar-refractivity contribution is -0.121. The Morgan fingerprint density at radius 1 is 1.35 bits per heavy atom. The van der Waals surface area contributed by atoms with Crippen LogP contribution in [0.5, 0.6) is 0 Å². The van der Waals surface area contributed by atoms with Crippen LogP contribution in [0.1, 0.15) is 30.5 Å². The van der Waals surface area contributed by atoms with Crippen molar-refractivity contribution in [3.05, 3.63) is 59.8 Å². The van der Waals surface area contributed by atoms with Crippen molar-refractivity contribution < 1.29 is 9.53 Å². The molecule has 1 aromatic carbocycles. The summed E-state index contributed by atoms with van der Waals surface area (Å²) in [4.78, 5) is 18.9. The Bertz CT molecular complexity index is 706. The summed E-state index contributed by atoms with van der Waals surface area (Å²) in [5, 5.41) is 2.91. The number of nitrogens with zero attached hydrogens (tertiary/aromatic N) is 2. The van der Waals surface area contributed by atoms with Crippen LogP contribution < -0.4 is 16.0 Å². The highest BCUT2D eigenvalue weighted by atomic mass is 16.5. The number of carbonyl (C=O) groups is 1. The molecule has 2 atom stereocenters. The van der Waals surface area contributed by atoms with E-state index >= 15 is 0 Å². The summed E-state index contributed by atoms with van der Waals surface area (Å²) in [6, 6.07) is 13.4. The summed E-state index contributed by atoms with van der Waals surface area (Å²) < 4.78 is 5.55. The van der Waals surface area contributed by atoms with Crippen molar-refractivity contribution in [3.63, 3.8) is 0 Å². The lowest BCUT2D eigenvalue weighted by atomic mass is 10.0. The van der Waals surface area contributed by atoms with E-state index in [9.17, 15) is 4.79 Å². The van der Waals surface area contributed by atoms with Gasteiger partial charge in [-0.05, 0) is 24.1 Å². The molecule has 0 radical (unpaired) electrons. The van der Waals surface area contributed by atoms with Crippen molar-refractivity contribution >= 4 is 11.7 Å². The zero-order valence-corrected chi connectivity index (χ0v) is 15.1. The summed E-state index contributed by atoms with van der Waals surface area (Å²) in [5.41, 5.74) is 8.02. The third-order valence-corrected chi connectivity index (χ3v) is 4.50. The Morgan fingerprint density at radius 3 is 2.85 bits per heavy atom. The Kier molecular flexibility index (Phi) is 6.20. The summed E-state index contributed by atoms with van der Waals surface area (Å²) in [5.74, 6) is 0.883. The van der Waals surface area contributed by atoms with Crippen LogP contribution in [0.3, 0.4) is 0 Å². The Balaban J connectivity index is 1.47.